The summed E-state index contributed by atoms with van der Waals surface area (Å²) in [5.41, 5.74) is 1.41. The predicted octanol–water partition coefficient (Wildman–Crippen LogP) is 3.71. The van der Waals surface area contributed by atoms with Gasteiger partial charge in [0.15, 0.2) is 5.76 Å². The highest BCUT2D eigenvalue weighted by Crippen LogP contribution is 2.30. The molecule has 0 saturated carbocycles. The van der Waals surface area contributed by atoms with E-state index in [1.807, 2.05) is 24.3 Å². The number of hydrogen-bond acceptors (Lipinski definition) is 5. The Morgan fingerprint density at radius 1 is 1.24 bits per heavy atom. The average Bonchev–Trinajstić information content (AvgIpc) is 3.32. The van der Waals surface area contributed by atoms with Gasteiger partial charge in [-0.2, -0.15) is 0 Å². The van der Waals surface area contributed by atoms with Gasteiger partial charge in [-0.25, -0.2) is 0 Å². The summed E-state index contributed by atoms with van der Waals surface area (Å²) in [6.07, 6.45) is 1.56. The number of carbonyl (C=O) groups is 1. The minimum Gasteiger partial charge on any atom is -0.496 e. The summed E-state index contributed by atoms with van der Waals surface area (Å²) in [5.74, 6) is 1.61. The molecule has 3 aromatic rings. The number of hydrogen-bond donors (Lipinski definition) is 0. The molecule has 2 aromatic heterocycles. The third kappa shape index (κ3) is 4.03. The lowest BCUT2D eigenvalue weighted by atomic mass is 10.1. The van der Waals surface area contributed by atoms with Crippen LogP contribution >= 0.6 is 11.6 Å². The number of rotatable bonds is 7. The molecular formula is C18H17ClN2O4. The molecule has 2 heterocycles. The van der Waals surface area contributed by atoms with Crippen molar-refractivity contribution < 1.29 is 18.5 Å². The van der Waals surface area contributed by atoms with Crippen molar-refractivity contribution in [3.63, 3.8) is 0 Å². The van der Waals surface area contributed by atoms with Gasteiger partial charge >= 0.3 is 0 Å². The lowest BCUT2D eigenvalue weighted by molar-refractivity contribution is -0.130. The Morgan fingerprint density at radius 3 is 2.80 bits per heavy atom. The number of aromatic nitrogens is 1. The Balaban J connectivity index is 1.79. The quantitative estimate of drug-likeness (QED) is 0.601. The summed E-state index contributed by atoms with van der Waals surface area (Å²) in [6, 6.07) is 12.9. The number of para-hydroxylation sites is 1. The van der Waals surface area contributed by atoms with Gasteiger partial charge in [0.2, 0.25) is 5.91 Å². The SMILES string of the molecule is COc1ccccc1-c1cc(CN(Cc2ccco2)C(=O)CCl)no1. The van der Waals surface area contributed by atoms with Gasteiger partial charge in [0, 0.05) is 6.07 Å². The molecule has 1 amide bonds. The number of alkyl halides is 1. The zero-order valence-corrected chi connectivity index (χ0v) is 14.4. The van der Waals surface area contributed by atoms with Crippen LogP contribution in [0.2, 0.25) is 0 Å². The molecule has 0 bridgehead atoms. The fourth-order valence-electron chi connectivity index (χ4n) is 2.46. The summed E-state index contributed by atoms with van der Waals surface area (Å²) in [4.78, 5) is 13.7. The van der Waals surface area contributed by atoms with E-state index >= 15 is 0 Å². The summed E-state index contributed by atoms with van der Waals surface area (Å²) in [7, 11) is 1.60. The Morgan fingerprint density at radius 2 is 2.08 bits per heavy atom. The average molecular weight is 361 g/mol. The molecule has 0 radical (unpaired) electrons. The summed E-state index contributed by atoms with van der Waals surface area (Å²) in [5, 5.41) is 4.06. The lowest BCUT2D eigenvalue weighted by Gasteiger charge is -2.19. The van der Waals surface area contributed by atoms with E-state index in [2.05, 4.69) is 5.16 Å². The molecule has 130 valence electrons. The van der Waals surface area contributed by atoms with Crippen molar-refractivity contribution in [1.29, 1.82) is 0 Å². The minimum absolute atomic E-state index is 0.113. The van der Waals surface area contributed by atoms with E-state index in [9.17, 15) is 4.79 Å². The van der Waals surface area contributed by atoms with Gasteiger partial charge in [-0.1, -0.05) is 17.3 Å². The van der Waals surface area contributed by atoms with Crippen LogP contribution in [0.25, 0.3) is 11.3 Å². The summed E-state index contributed by atoms with van der Waals surface area (Å²) >= 11 is 5.71. The topological polar surface area (TPSA) is 68.7 Å². The van der Waals surface area contributed by atoms with Crippen LogP contribution in [0, 0.1) is 0 Å². The smallest absolute Gasteiger partial charge is 0.238 e. The van der Waals surface area contributed by atoms with Crippen molar-refractivity contribution >= 4 is 17.5 Å². The van der Waals surface area contributed by atoms with Crippen molar-refractivity contribution in [3.05, 3.63) is 60.2 Å². The molecule has 0 aliphatic heterocycles. The molecule has 0 fully saturated rings. The maximum absolute atomic E-state index is 12.1. The summed E-state index contributed by atoms with van der Waals surface area (Å²) in [6.45, 7) is 0.584. The van der Waals surface area contributed by atoms with Crippen LogP contribution in [0.15, 0.2) is 57.7 Å². The number of benzene rings is 1. The first-order valence-electron chi connectivity index (χ1n) is 7.66. The Hall–Kier alpha value is -2.73. The number of nitrogens with zero attached hydrogens (tertiary/aromatic N) is 2. The summed E-state index contributed by atoms with van der Waals surface area (Å²) < 4.78 is 16.1. The first kappa shape index (κ1) is 17.1. The van der Waals surface area contributed by atoms with Gasteiger partial charge in [0.25, 0.3) is 0 Å². The van der Waals surface area contributed by atoms with E-state index in [1.165, 1.54) is 0 Å². The lowest BCUT2D eigenvalue weighted by Crippen LogP contribution is -2.31. The van der Waals surface area contributed by atoms with Crippen LogP contribution in [0.3, 0.4) is 0 Å². The fourth-order valence-corrected chi connectivity index (χ4v) is 2.63. The van der Waals surface area contributed by atoms with Gasteiger partial charge in [-0.05, 0) is 24.3 Å². The number of carbonyl (C=O) groups excluding carboxylic acids is 1. The highest BCUT2D eigenvalue weighted by molar-refractivity contribution is 6.27. The first-order chi connectivity index (χ1) is 12.2. The van der Waals surface area contributed by atoms with Crippen LogP contribution in [-0.2, 0) is 17.9 Å². The zero-order valence-electron chi connectivity index (χ0n) is 13.6. The molecule has 0 unspecified atom stereocenters. The molecule has 0 N–H and O–H groups in total. The molecular weight excluding hydrogens is 344 g/mol. The highest BCUT2D eigenvalue weighted by atomic mass is 35.5. The van der Waals surface area contributed by atoms with E-state index in [-0.39, 0.29) is 18.3 Å². The van der Waals surface area contributed by atoms with Gasteiger partial charge in [0.1, 0.15) is 23.1 Å². The van der Waals surface area contributed by atoms with Gasteiger partial charge in [-0.15, -0.1) is 11.6 Å². The van der Waals surface area contributed by atoms with Crippen LogP contribution in [0.5, 0.6) is 5.75 Å². The van der Waals surface area contributed by atoms with E-state index in [4.69, 9.17) is 25.3 Å². The Labute approximate surface area is 149 Å². The Kier molecular flexibility index (Phi) is 5.40. The minimum atomic E-state index is -0.208. The van der Waals surface area contributed by atoms with Gasteiger partial charge < -0.3 is 18.6 Å². The molecule has 7 heteroatoms. The number of amides is 1. The molecule has 25 heavy (non-hydrogen) atoms. The molecule has 0 aliphatic rings. The molecule has 1 aromatic carbocycles. The third-order valence-corrected chi connectivity index (χ3v) is 3.91. The largest absolute Gasteiger partial charge is 0.496 e. The third-order valence-electron chi connectivity index (χ3n) is 3.68. The maximum atomic E-state index is 12.1. The van der Waals surface area contributed by atoms with Crippen LogP contribution in [0.4, 0.5) is 0 Å². The molecule has 0 saturated heterocycles. The normalized spacial score (nSPS) is 10.6. The van der Waals surface area contributed by atoms with Crippen LogP contribution in [0.1, 0.15) is 11.5 Å². The number of methoxy groups -OCH3 is 1. The second-order valence-electron chi connectivity index (χ2n) is 5.35. The Bertz CT molecular complexity index is 829. The van der Waals surface area contributed by atoms with Crippen LogP contribution in [-0.4, -0.2) is 29.0 Å². The fraction of sp³-hybridized carbons (Fsp3) is 0.222. The van der Waals surface area contributed by atoms with Crippen LogP contribution < -0.4 is 4.74 Å². The standard InChI is InChI=1S/C18H17ClN2O4/c1-23-16-7-3-2-6-15(16)17-9-13(20-25-17)11-21(18(22)10-19)12-14-5-4-8-24-14/h2-9H,10-12H2,1H3. The monoisotopic (exact) mass is 360 g/mol. The van der Waals surface area contributed by atoms with Crippen molar-refractivity contribution in [3.8, 4) is 17.1 Å². The number of ether oxygens (including phenoxy) is 1. The molecule has 3 rings (SSSR count). The molecule has 6 nitrogen and oxygen atoms in total. The van der Waals surface area contributed by atoms with Crippen molar-refractivity contribution in [1.82, 2.24) is 10.1 Å². The van der Waals surface area contributed by atoms with E-state index in [0.717, 1.165) is 5.56 Å². The van der Waals surface area contributed by atoms with Gasteiger partial charge in [0.05, 0.1) is 32.0 Å². The highest BCUT2D eigenvalue weighted by Gasteiger charge is 2.18. The molecule has 0 spiro atoms. The number of furan rings is 1. The van der Waals surface area contributed by atoms with Gasteiger partial charge in [-0.3, -0.25) is 4.79 Å². The molecule has 0 atom stereocenters. The van der Waals surface area contributed by atoms with E-state index in [1.54, 1.807) is 36.5 Å². The first-order valence-corrected chi connectivity index (χ1v) is 8.20. The molecule has 0 aliphatic carbocycles. The maximum Gasteiger partial charge on any atom is 0.238 e. The predicted molar refractivity (Wildman–Crippen MR) is 92.2 cm³/mol. The second-order valence-corrected chi connectivity index (χ2v) is 5.61. The zero-order chi connectivity index (χ0) is 17.6. The van der Waals surface area contributed by atoms with Crippen molar-refractivity contribution in [2.24, 2.45) is 0 Å². The van der Waals surface area contributed by atoms with E-state index < -0.39 is 0 Å². The van der Waals surface area contributed by atoms with Crippen molar-refractivity contribution in [2.45, 2.75) is 13.1 Å². The number of halogens is 1. The second kappa shape index (κ2) is 7.90. The van der Waals surface area contributed by atoms with Crippen molar-refractivity contribution in [2.75, 3.05) is 13.0 Å². The van der Waals surface area contributed by atoms with E-state index in [0.29, 0.717) is 29.5 Å².